The first-order chi connectivity index (χ1) is 13.6. The molecule has 0 fully saturated rings. The number of carbonyl (C=O) groups is 2. The van der Waals surface area contributed by atoms with Crippen LogP contribution in [0.3, 0.4) is 0 Å². The number of aryl methyl sites for hydroxylation is 1. The molecule has 0 spiro atoms. The Kier molecular flexibility index (Phi) is 4.93. The van der Waals surface area contributed by atoms with Crippen LogP contribution in [0.15, 0.2) is 60.8 Å². The Morgan fingerprint density at radius 3 is 2.71 bits per heavy atom. The molecule has 2 aromatic carbocycles. The van der Waals surface area contributed by atoms with E-state index in [9.17, 15) is 9.59 Å². The zero-order valence-electron chi connectivity index (χ0n) is 15.7. The molecule has 0 radical (unpaired) electrons. The number of hydrogen-bond donors (Lipinski definition) is 2. The van der Waals surface area contributed by atoms with Gasteiger partial charge in [0.2, 0.25) is 5.91 Å². The maximum Gasteiger partial charge on any atom is 0.254 e. The van der Waals surface area contributed by atoms with Gasteiger partial charge in [-0.05, 0) is 23.6 Å². The fraction of sp³-hybridized carbons (Fsp3) is 0.227. The van der Waals surface area contributed by atoms with Crippen LogP contribution in [-0.4, -0.2) is 28.1 Å². The first-order valence-electron chi connectivity index (χ1n) is 9.36. The molecule has 28 heavy (non-hydrogen) atoms. The van der Waals surface area contributed by atoms with Crippen LogP contribution in [0.1, 0.15) is 39.5 Å². The van der Waals surface area contributed by atoms with Crippen LogP contribution in [-0.2, 0) is 18.3 Å². The summed E-state index contributed by atoms with van der Waals surface area (Å²) < 4.78 is 1.74. The molecule has 4 rings (SSSR count). The Morgan fingerprint density at radius 2 is 1.89 bits per heavy atom. The van der Waals surface area contributed by atoms with E-state index < -0.39 is 0 Å². The molecule has 2 amide bonds. The molecule has 6 heteroatoms. The largest absolute Gasteiger partial charge is 0.352 e. The van der Waals surface area contributed by atoms with Gasteiger partial charge in [-0.2, -0.15) is 5.10 Å². The highest BCUT2D eigenvalue weighted by Crippen LogP contribution is 2.33. The predicted octanol–water partition coefficient (Wildman–Crippen LogP) is 2.87. The molecular weight excluding hydrogens is 352 g/mol. The number of carbonyl (C=O) groups excluding carboxylic acids is 2. The van der Waals surface area contributed by atoms with Crippen LogP contribution >= 0.6 is 0 Å². The number of anilines is 1. The SMILES string of the molecule is Cn1ncc(C(=O)NCCC2C(=O)Nc3ccccc32)c1Cc1ccccc1. The summed E-state index contributed by atoms with van der Waals surface area (Å²) in [5.74, 6) is -0.401. The molecule has 0 saturated heterocycles. The molecule has 2 heterocycles. The third kappa shape index (κ3) is 3.53. The van der Waals surface area contributed by atoms with Gasteiger partial charge in [0.1, 0.15) is 0 Å². The summed E-state index contributed by atoms with van der Waals surface area (Å²) in [7, 11) is 1.84. The molecule has 0 saturated carbocycles. The minimum Gasteiger partial charge on any atom is -0.352 e. The fourth-order valence-corrected chi connectivity index (χ4v) is 3.64. The lowest BCUT2D eigenvalue weighted by Crippen LogP contribution is -2.27. The zero-order chi connectivity index (χ0) is 19.5. The molecule has 1 aliphatic rings. The molecule has 0 aliphatic carbocycles. The summed E-state index contributed by atoms with van der Waals surface area (Å²) in [5.41, 5.74) is 4.42. The van der Waals surface area contributed by atoms with E-state index in [0.717, 1.165) is 22.5 Å². The molecule has 142 valence electrons. The Hall–Kier alpha value is -3.41. The van der Waals surface area contributed by atoms with Gasteiger partial charge in [0.25, 0.3) is 5.91 Å². The second kappa shape index (κ2) is 7.68. The quantitative estimate of drug-likeness (QED) is 0.697. The van der Waals surface area contributed by atoms with E-state index in [1.165, 1.54) is 0 Å². The predicted molar refractivity (Wildman–Crippen MR) is 107 cm³/mol. The molecule has 6 nitrogen and oxygen atoms in total. The standard InChI is InChI=1S/C22H22N4O2/c1-26-20(13-15-7-3-2-4-8-15)18(14-24-26)21(27)23-12-11-17-16-9-5-6-10-19(16)25-22(17)28/h2-10,14,17H,11-13H2,1H3,(H,23,27)(H,25,28). The first kappa shape index (κ1) is 18.0. The lowest BCUT2D eigenvalue weighted by Gasteiger charge is -2.11. The van der Waals surface area contributed by atoms with Crippen molar-refractivity contribution in [3.05, 3.63) is 83.2 Å². The average Bonchev–Trinajstić information content (AvgIpc) is 3.22. The van der Waals surface area contributed by atoms with Crippen LogP contribution in [0.4, 0.5) is 5.69 Å². The average molecular weight is 374 g/mol. The van der Waals surface area contributed by atoms with Crippen molar-refractivity contribution in [1.82, 2.24) is 15.1 Å². The third-order valence-corrected chi connectivity index (χ3v) is 5.15. The van der Waals surface area contributed by atoms with Gasteiger partial charge in [-0.25, -0.2) is 0 Å². The van der Waals surface area contributed by atoms with E-state index in [-0.39, 0.29) is 17.7 Å². The number of nitrogens with zero attached hydrogens (tertiary/aromatic N) is 2. The number of benzene rings is 2. The van der Waals surface area contributed by atoms with Crippen LogP contribution < -0.4 is 10.6 Å². The van der Waals surface area contributed by atoms with Crippen molar-refractivity contribution in [2.75, 3.05) is 11.9 Å². The lowest BCUT2D eigenvalue weighted by atomic mass is 9.97. The van der Waals surface area contributed by atoms with Gasteiger partial charge in [-0.1, -0.05) is 48.5 Å². The lowest BCUT2D eigenvalue weighted by molar-refractivity contribution is -0.117. The second-order valence-electron chi connectivity index (χ2n) is 6.96. The summed E-state index contributed by atoms with van der Waals surface area (Å²) >= 11 is 0. The Bertz CT molecular complexity index is 1010. The van der Waals surface area contributed by atoms with E-state index in [2.05, 4.69) is 15.7 Å². The highest BCUT2D eigenvalue weighted by Gasteiger charge is 2.29. The van der Waals surface area contributed by atoms with Crippen LogP contribution in [0, 0.1) is 0 Å². The van der Waals surface area contributed by atoms with Gasteiger partial charge in [0.05, 0.1) is 23.4 Å². The molecule has 1 unspecified atom stereocenters. The summed E-state index contributed by atoms with van der Waals surface area (Å²) in [5, 5.41) is 10.1. The van der Waals surface area contributed by atoms with Gasteiger partial charge in [0, 0.05) is 25.7 Å². The Balaban J connectivity index is 1.41. The highest BCUT2D eigenvalue weighted by atomic mass is 16.2. The van der Waals surface area contributed by atoms with Gasteiger partial charge >= 0.3 is 0 Å². The molecule has 1 aliphatic heterocycles. The van der Waals surface area contributed by atoms with Gasteiger partial charge < -0.3 is 10.6 Å². The molecule has 1 atom stereocenters. The summed E-state index contributed by atoms with van der Waals surface area (Å²) in [6, 6.07) is 17.7. The summed E-state index contributed by atoms with van der Waals surface area (Å²) in [4.78, 5) is 24.9. The minimum absolute atomic E-state index is 0.0124. The molecule has 1 aromatic heterocycles. The number of amides is 2. The van der Waals surface area contributed by atoms with E-state index in [4.69, 9.17) is 0 Å². The second-order valence-corrected chi connectivity index (χ2v) is 6.96. The smallest absolute Gasteiger partial charge is 0.254 e. The Labute approximate surface area is 163 Å². The summed E-state index contributed by atoms with van der Waals surface area (Å²) in [6.45, 7) is 0.422. The van der Waals surface area contributed by atoms with Crippen molar-refractivity contribution >= 4 is 17.5 Å². The van der Waals surface area contributed by atoms with E-state index in [0.29, 0.717) is 24.9 Å². The summed E-state index contributed by atoms with van der Waals surface area (Å²) in [6.07, 6.45) is 2.80. The molecule has 3 aromatic rings. The van der Waals surface area contributed by atoms with Crippen LogP contribution in [0.25, 0.3) is 0 Å². The Morgan fingerprint density at radius 1 is 1.14 bits per heavy atom. The number of aromatic nitrogens is 2. The number of fused-ring (bicyclic) bond motifs is 1. The molecule has 0 bridgehead atoms. The van der Waals surface area contributed by atoms with Crippen LogP contribution in [0.5, 0.6) is 0 Å². The minimum atomic E-state index is -0.228. The highest BCUT2D eigenvalue weighted by molar-refractivity contribution is 6.02. The monoisotopic (exact) mass is 374 g/mol. The normalized spacial score (nSPS) is 15.2. The van der Waals surface area contributed by atoms with Crippen molar-refractivity contribution in [3.63, 3.8) is 0 Å². The van der Waals surface area contributed by atoms with E-state index in [1.54, 1.807) is 10.9 Å². The first-order valence-corrected chi connectivity index (χ1v) is 9.36. The molecular formula is C22H22N4O2. The number of rotatable bonds is 6. The number of nitrogens with one attached hydrogen (secondary N) is 2. The van der Waals surface area contributed by atoms with Crippen molar-refractivity contribution in [1.29, 1.82) is 0 Å². The number of hydrogen-bond acceptors (Lipinski definition) is 3. The van der Waals surface area contributed by atoms with Crippen LogP contribution in [0.2, 0.25) is 0 Å². The van der Waals surface area contributed by atoms with Crippen molar-refractivity contribution in [3.8, 4) is 0 Å². The van der Waals surface area contributed by atoms with E-state index in [1.807, 2.05) is 61.6 Å². The maximum atomic E-state index is 12.7. The number of para-hydroxylation sites is 1. The zero-order valence-corrected chi connectivity index (χ0v) is 15.7. The fourth-order valence-electron chi connectivity index (χ4n) is 3.64. The van der Waals surface area contributed by atoms with Gasteiger partial charge in [-0.15, -0.1) is 0 Å². The maximum absolute atomic E-state index is 12.7. The van der Waals surface area contributed by atoms with Gasteiger partial charge in [-0.3, -0.25) is 14.3 Å². The topological polar surface area (TPSA) is 76.0 Å². The molecule has 2 N–H and O–H groups in total. The van der Waals surface area contributed by atoms with Crippen molar-refractivity contribution < 1.29 is 9.59 Å². The van der Waals surface area contributed by atoms with E-state index >= 15 is 0 Å². The third-order valence-electron chi connectivity index (χ3n) is 5.15. The van der Waals surface area contributed by atoms with Gasteiger partial charge in [0.15, 0.2) is 0 Å². The van der Waals surface area contributed by atoms with Crippen molar-refractivity contribution in [2.45, 2.75) is 18.8 Å². The van der Waals surface area contributed by atoms with Crippen molar-refractivity contribution in [2.24, 2.45) is 7.05 Å².